The van der Waals surface area contributed by atoms with E-state index in [0.717, 1.165) is 24.8 Å². The number of carbonyl (C=O) groups is 1. The second kappa shape index (κ2) is 3.00. The predicted octanol–water partition coefficient (Wildman–Crippen LogP) is 2.32. The lowest BCUT2D eigenvalue weighted by molar-refractivity contribution is -0.123. The molecule has 0 aliphatic heterocycles. The van der Waals surface area contributed by atoms with Crippen LogP contribution in [-0.4, -0.2) is 5.78 Å². The van der Waals surface area contributed by atoms with Crippen molar-refractivity contribution in [3.8, 4) is 0 Å². The lowest BCUT2D eigenvalue weighted by atomic mass is 9.84. The van der Waals surface area contributed by atoms with Gasteiger partial charge in [-0.1, -0.05) is 18.6 Å². The molecule has 1 heteroatoms. The topological polar surface area (TPSA) is 17.1 Å². The maximum Gasteiger partial charge on any atom is 0.139 e. The summed E-state index contributed by atoms with van der Waals surface area (Å²) in [6.07, 6.45) is 4.09. The molecular weight excluding hydrogens is 124 g/mol. The quantitative estimate of drug-likeness (QED) is 0.508. The standard InChI is InChI=1S/C9H14O/c1-7(2)8-5-3-4-6-9(8)10/h8H,1,3-6H2,2H3/t8-/m1/s1. The Bertz CT molecular complexity index is 158. The summed E-state index contributed by atoms with van der Waals surface area (Å²) in [6, 6.07) is 0. The lowest BCUT2D eigenvalue weighted by Crippen LogP contribution is -2.19. The molecule has 0 amide bonds. The van der Waals surface area contributed by atoms with Crippen LogP contribution >= 0.6 is 0 Å². The van der Waals surface area contributed by atoms with Crippen LogP contribution in [0.25, 0.3) is 0 Å². The van der Waals surface area contributed by atoms with Gasteiger partial charge in [0.15, 0.2) is 0 Å². The molecule has 1 rings (SSSR count). The van der Waals surface area contributed by atoms with E-state index in [2.05, 4.69) is 6.58 Å². The SMILES string of the molecule is C=C(C)[C@H]1CCCCC1=O. The second-order valence-corrected chi connectivity index (χ2v) is 3.11. The van der Waals surface area contributed by atoms with Gasteiger partial charge in [-0.3, -0.25) is 4.79 Å². The predicted molar refractivity (Wildman–Crippen MR) is 41.8 cm³/mol. The molecule has 0 saturated heterocycles. The van der Waals surface area contributed by atoms with Crippen molar-refractivity contribution in [3.63, 3.8) is 0 Å². The second-order valence-electron chi connectivity index (χ2n) is 3.11. The van der Waals surface area contributed by atoms with Crippen LogP contribution in [0.2, 0.25) is 0 Å². The summed E-state index contributed by atoms with van der Waals surface area (Å²) >= 11 is 0. The molecule has 0 bridgehead atoms. The first-order chi connectivity index (χ1) is 4.72. The largest absolute Gasteiger partial charge is 0.299 e. The Morgan fingerprint density at radius 3 is 2.70 bits per heavy atom. The molecule has 0 aromatic carbocycles. The number of hydrogen-bond donors (Lipinski definition) is 0. The van der Waals surface area contributed by atoms with Crippen molar-refractivity contribution in [1.82, 2.24) is 0 Å². The zero-order valence-corrected chi connectivity index (χ0v) is 6.52. The monoisotopic (exact) mass is 138 g/mol. The van der Waals surface area contributed by atoms with Gasteiger partial charge in [-0.25, -0.2) is 0 Å². The summed E-state index contributed by atoms with van der Waals surface area (Å²) in [5.41, 5.74) is 1.05. The van der Waals surface area contributed by atoms with Crippen molar-refractivity contribution in [2.45, 2.75) is 32.6 Å². The van der Waals surface area contributed by atoms with Crippen LogP contribution in [-0.2, 0) is 4.79 Å². The molecule has 1 nitrogen and oxygen atoms in total. The molecule has 0 aromatic rings. The summed E-state index contributed by atoms with van der Waals surface area (Å²) < 4.78 is 0. The van der Waals surface area contributed by atoms with Gasteiger partial charge < -0.3 is 0 Å². The Hall–Kier alpha value is -0.590. The normalized spacial score (nSPS) is 26.5. The first-order valence-electron chi connectivity index (χ1n) is 3.90. The molecular formula is C9H14O. The maximum absolute atomic E-state index is 11.2. The molecule has 0 spiro atoms. The van der Waals surface area contributed by atoms with E-state index in [-0.39, 0.29) is 5.92 Å². The van der Waals surface area contributed by atoms with Crippen LogP contribution in [0.3, 0.4) is 0 Å². The van der Waals surface area contributed by atoms with Gasteiger partial charge in [0.25, 0.3) is 0 Å². The minimum atomic E-state index is 0.189. The minimum absolute atomic E-state index is 0.189. The first kappa shape index (κ1) is 7.52. The van der Waals surface area contributed by atoms with Crippen LogP contribution in [0.15, 0.2) is 12.2 Å². The lowest BCUT2D eigenvalue weighted by Gasteiger charge is -2.19. The zero-order valence-electron chi connectivity index (χ0n) is 6.52. The van der Waals surface area contributed by atoms with Gasteiger partial charge in [-0.05, 0) is 19.8 Å². The van der Waals surface area contributed by atoms with Gasteiger partial charge in [-0.2, -0.15) is 0 Å². The van der Waals surface area contributed by atoms with Crippen LogP contribution in [0.4, 0.5) is 0 Å². The van der Waals surface area contributed by atoms with E-state index in [1.807, 2.05) is 6.92 Å². The number of allylic oxidation sites excluding steroid dienone is 1. The van der Waals surface area contributed by atoms with Gasteiger partial charge in [0.05, 0.1) is 0 Å². The maximum atomic E-state index is 11.2. The number of carbonyl (C=O) groups excluding carboxylic acids is 1. The number of hydrogen-bond acceptors (Lipinski definition) is 1. The molecule has 1 atom stereocenters. The third kappa shape index (κ3) is 1.47. The molecule has 1 aliphatic rings. The van der Waals surface area contributed by atoms with Crippen LogP contribution < -0.4 is 0 Å². The van der Waals surface area contributed by atoms with Crippen molar-refractivity contribution < 1.29 is 4.79 Å². The van der Waals surface area contributed by atoms with Crippen LogP contribution in [0.1, 0.15) is 32.6 Å². The van der Waals surface area contributed by atoms with E-state index in [4.69, 9.17) is 0 Å². The van der Waals surface area contributed by atoms with Crippen molar-refractivity contribution in [1.29, 1.82) is 0 Å². The van der Waals surface area contributed by atoms with Gasteiger partial charge in [0.1, 0.15) is 5.78 Å². The summed E-state index contributed by atoms with van der Waals surface area (Å²) in [6.45, 7) is 5.76. The summed E-state index contributed by atoms with van der Waals surface area (Å²) in [5, 5.41) is 0. The first-order valence-corrected chi connectivity index (χ1v) is 3.90. The summed E-state index contributed by atoms with van der Waals surface area (Å²) in [4.78, 5) is 11.2. The molecule has 1 aliphatic carbocycles. The van der Waals surface area contributed by atoms with Crippen LogP contribution in [0, 0.1) is 5.92 Å². The smallest absolute Gasteiger partial charge is 0.139 e. The molecule has 0 N–H and O–H groups in total. The van der Waals surface area contributed by atoms with E-state index in [9.17, 15) is 4.79 Å². The van der Waals surface area contributed by atoms with E-state index >= 15 is 0 Å². The number of Topliss-reactive ketones (excluding diaryl/α,β-unsaturated/α-hetero) is 1. The van der Waals surface area contributed by atoms with Gasteiger partial charge in [-0.15, -0.1) is 0 Å². The molecule has 56 valence electrons. The third-order valence-corrected chi connectivity index (χ3v) is 2.15. The molecule has 0 aromatic heterocycles. The summed E-state index contributed by atoms with van der Waals surface area (Å²) in [5.74, 6) is 0.590. The van der Waals surface area contributed by atoms with Gasteiger partial charge >= 0.3 is 0 Å². The summed E-state index contributed by atoms with van der Waals surface area (Å²) in [7, 11) is 0. The Balaban J connectivity index is 2.56. The fraction of sp³-hybridized carbons (Fsp3) is 0.667. The highest BCUT2D eigenvalue weighted by Crippen LogP contribution is 2.25. The number of rotatable bonds is 1. The highest BCUT2D eigenvalue weighted by atomic mass is 16.1. The average Bonchev–Trinajstić information content (AvgIpc) is 1.88. The number of ketones is 1. The molecule has 1 fully saturated rings. The molecule has 0 radical (unpaired) electrons. The van der Waals surface area contributed by atoms with E-state index < -0.39 is 0 Å². The molecule has 10 heavy (non-hydrogen) atoms. The Labute approximate surface area is 62.1 Å². The highest BCUT2D eigenvalue weighted by molar-refractivity contribution is 5.84. The third-order valence-electron chi connectivity index (χ3n) is 2.15. The zero-order chi connectivity index (χ0) is 7.56. The fourth-order valence-electron chi connectivity index (χ4n) is 1.50. The van der Waals surface area contributed by atoms with Crippen molar-refractivity contribution in [2.75, 3.05) is 0 Å². The Morgan fingerprint density at radius 2 is 2.30 bits per heavy atom. The van der Waals surface area contributed by atoms with E-state index in [1.165, 1.54) is 6.42 Å². The van der Waals surface area contributed by atoms with Gasteiger partial charge in [0.2, 0.25) is 0 Å². The van der Waals surface area contributed by atoms with Crippen LogP contribution in [0.5, 0.6) is 0 Å². The Morgan fingerprint density at radius 1 is 1.60 bits per heavy atom. The van der Waals surface area contributed by atoms with Crippen molar-refractivity contribution in [2.24, 2.45) is 5.92 Å². The van der Waals surface area contributed by atoms with Crippen molar-refractivity contribution >= 4 is 5.78 Å². The van der Waals surface area contributed by atoms with Gasteiger partial charge in [0, 0.05) is 12.3 Å². The average molecular weight is 138 g/mol. The molecule has 0 heterocycles. The fourth-order valence-corrected chi connectivity index (χ4v) is 1.50. The van der Waals surface area contributed by atoms with E-state index in [1.54, 1.807) is 0 Å². The molecule has 0 unspecified atom stereocenters. The molecule has 1 saturated carbocycles. The minimum Gasteiger partial charge on any atom is -0.299 e. The highest BCUT2D eigenvalue weighted by Gasteiger charge is 2.21. The Kier molecular flexibility index (Phi) is 2.25. The van der Waals surface area contributed by atoms with E-state index in [0.29, 0.717) is 5.78 Å². The van der Waals surface area contributed by atoms with Crippen molar-refractivity contribution in [3.05, 3.63) is 12.2 Å².